The molecule has 0 aromatic rings. The normalized spacial score (nSPS) is 39.2. The molecule has 0 aromatic carbocycles. The summed E-state index contributed by atoms with van der Waals surface area (Å²) in [6, 6.07) is -5.49. The predicted molar refractivity (Wildman–Crippen MR) is 202 cm³/mol. The number of aliphatic carboxylic acids is 2. The lowest BCUT2D eigenvalue weighted by Gasteiger charge is -2.49. The zero-order valence-electron chi connectivity index (χ0n) is 33.9. The van der Waals surface area contributed by atoms with Crippen LogP contribution in [0.15, 0.2) is 0 Å². The molecule has 47 heteroatoms. The van der Waals surface area contributed by atoms with E-state index in [1.165, 1.54) is 9.44 Å². The molecule has 0 bridgehead atoms. The fourth-order valence-corrected chi connectivity index (χ4v) is 9.62. The average Bonchev–Trinajstić information content (AvgIpc) is 3.17. The van der Waals surface area contributed by atoms with Crippen molar-refractivity contribution in [3.05, 3.63) is 0 Å². The molecule has 0 radical (unpaired) electrons. The summed E-state index contributed by atoms with van der Waals surface area (Å²) in [7, 11) is -34.3. The van der Waals surface area contributed by atoms with E-state index in [1.807, 2.05) is 0 Å². The second-order valence-corrected chi connectivity index (χ2v) is 21.2. The Bertz CT molecular complexity index is 2580. The number of hydrogen-bond acceptors (Lipinski definition) is 31. The van der Waals surface area contributed by atoms with Gasteiger partial charge >= 0.3 is 74.1 Å². The van der Waals surface area contributed by atoms with Gasteiger partial charge in [0.05, 0.1) is 13.2 Å². The zero-order chi connectivity index (χ0) is 54.3. The van der Waals surface area contributed by atoms with Gasteiger partial charge in [-0.1, -0.05) is 0 Å². The SMILES string of the molecule is O=C(O)[C@@H]1O[C@@H](O)[C@H](OS(=O)(=O)O)[C@@H](O)[C@@H]1O[C@H]1O[C@H](COS(=O)(=O)O)[C@@H](O)[C@H](O[C@@H]2O[C@@H](C(=O)O)[C@@H](O[C@H]3O[C@H](COS(=O)(=O)O)[C@@H](O)[C@H](O)[C@H]3NS(=O)(=O)O)[C@H](O)[C@H]2OS(=O)(=O)O)[C@H]1NS(=O)(=O)O. The average molecular weight is 1170 g/mol. The summed E-state index contributed by atoms with van der Waals surface area (Å²) in [5.41, 5.74) is 0. The van der Waals surface area contributed by atoms with Gasteiger partial charge in [0, 0.05) is 0 Å². The molecule has 4 aliphatic heterocycles. The lowest BCUT2D eigenvalue weighted by Crippen LogP contribution is -2.71. The van der Waals surface area contributed by atoms with Gasteiger partial charge in [0.15, 0.2) is 49.6 Å². The number of carboxylic acid groups (broad SMARTS) is 2. The largest absolute Gasteiger partial charge is 0.479 e. The number of aliphatic hydroxyl groups is 6. The topological polar surface area (TPSA) is 648 Å². The van der Waals surface area contributed by atoms with Crippen LogP contribution in [0.5, 0.6) is 0 Å². The van der Waals surface area contributed by atoms with E-state index in [0.29, 0.717) is 0 Å². The number of carbonyl (C=O) groups is 2. The summed E-state index contributed by atoms with van der Waals surface area (Å²) >= 11 is 0. The van der Waals surface area contributed by atoms with Gasteiger partial charge in [-0.3, -0.25) is 27.3 Å². The first-order valence-electron chi connectivity index (χ1n) is 18.2. The first-order valence-corrected chi connectivity index (χ1v) is 26.6. The zero-order valence-corrected chi connectivity index (χ0v) is 38.8. The summed E-state index contributed by atoms with van der Waals surface area (Å²) in [4.78, 5) is 24.9. The highest BCUT2D eigenvalue weighted by Crippen LogP contribution is 2.37. The van der Waals surface area contributed by atoms with Crippen molar-refractivity contribution in [1.29, 1.82) is 0 Å². The smallest absolute Gasteiger partial charge is 0.397 e. The molecule has 4 heterocycles. The summed E-state index contributed by atoms with van der Waals surface area (Å²) in [6.07, 6.45) is -50.9. The molecule has 4 saturated heterocycles. The fourth-order valence-electron chi connectivity index (χ4n) is 6.85. The quantitative estimate of drug-likeness (QED) is 0.0448. The van der Waals surface area contributed by atoms with E-state index in [9.17, 15) is 119 Å². The van der Waals surface area contributed by atoms with Crippen molar-refractivity contribution in [2.24, 2.45) is 0 Å². The standard InChI is InChI=1S/C24H40N2O39S6/c27-7-3(1-55-68(43,44)45)57-22(5(9(7)29)25-66(37,38)39)61-14-11(31)16(65-71(52,53)54)24(63-18(14)20(34)35)60-12-6(26-67(40,41)42)23(58-4(8(12)28)2-56-69(46,47)48)62-13-10(30)15(64-70(49,50)51)21(36)59-17(13)19(32)33/h3-18,21-31,36H,1-2H2,(H,32,33)(H,34,35)(H,37,38,39)(H,40,41,42)(H,43,44,45)(H,46,47,48)(H,49,50,51)(H,52,53,54)/t3-,4-,5-,6-,7-,8-,9-,10+,11+,12-,13+,14+,15-,16-,17-,18-,21-,22-,23-,24-/m1/s1. The molecule has 0 saturated carbocycles. The number of nitrogens with one attached hydrogen (secondary N) is 2. The van der Waals surface area contributed by atoms with Gasteiger partial charge in [0.1, 0.15) is 73.1 Å². The Hall–Kier alpha value is -2.36. The second-order valence-electron chi connectivity index (χ2n) is 14.5. The van der Waals surface area contributed by atoms with Crippen LogP contribution in [0, 0.1) is 0 Å². The minimum atomic E-state index is -6.09. The molecule has 0 unspecified atom stereocenters. The summed E-state index contributed by atoms with van der Waals surface area (Å²) < 4.78 is 253. The van der Waals surface area contributed by atoms with Gasteiger partial charge in [-0.2, -0.15) is 60.0 Å². The number of rotatable bonds is 22. The minimum Gasteiger partial charge on any atom is -0.479 e. The third kappa shape index (κ3) is 17.3. The molecule has 20 atom stereocenters. The van der Waals surface area contributed by atoms with Gasteiger partial charge < -0.3 is 74.0 Å². The maximum absolute atomic E-state index is 12.7. The van der Waals surface area contributed by atoms with Gasteiger partial charge in [-0.25, -0.2) is 26.3 Å². The highest BCUT2D eigenvalue weighted by Gasteiger charge is 2.60. The van der Waals surface area contributed by atoms with Crippen LogP contribution in [0.1, 0.15) is 0 Å². The van der Waals surface area contributed by atoms with Crippen LogP contribution in [-0.2, 0) is 122 Å². The molecule has 4 rings (SSSR count). The molecular weight excluding hydrogens is 1130 g/mol. The lowest BCUT2D eigenvalue weighted by molar-refractivity contribution is -0.365. The molecule has 4 aliphatic rings. The third-order valence-electron chi connectivity index (χ3n) is 9.59. The van der Waals surface area contributed by atoms with Crippen LogP contribution >= 0.6 is 0 Å². The van der Waals surface area contributed by atoms with E-state index in [0.717, 1.165) is 0 Å². The highest BCUT2D eigenvalue weighted by molar-refractivity contribution is 7.84. The van der Waals surface area contributed by atoms with Crippen molar-refractivity contribution in [1.82, 2.24) is 9.44 Å². The first-order chi connectivity index (χ1) is 32.1. The summed E-state index contributed by atoms with van der Waals surface area (Å²) in [6.45, 7) is -3.20. The molecule has 0 amide bonds. The molecule has 41 nitrogen and oxygen atoms in total. The molecule has 416 valence electrons. The molecule has 4 fully saturated rings. The fraction of sp³-hybridized carbons (Fsp3) is 0.917. The number of ether oxygens (including phenoxy) is 7. The molecule has 71 heavy (non-hydrogen) atoms. The van der Waals surface area contributed by atoms with Crippen LogP contribution in [0.4, 0.5) is 0 Å². The number of hydrogen-bond donors (Lipinski definition) is 16. The Morgan fingerprint density at radius 1 is 0.423 bits per heavy atom. The van der Waals surface area contributed by atoms with Gasteiger partial charge in [-0.15, -0.1) is 0 Å². The second kappa shape index (κ2) is 22.9. The van der Waals surface area contributed by atoms with E-state index < -0.39 is 210 Å². The van der Waals surface area contributed by atoms with Crippen molar-refractivity contribution in [3.8, 4) is 0 Å². The van der Waals surface area contributed by atoms with E-state index in [4.69, 9.17) is 37.5 Å². The Labute approximate surface area is 396 Å². The Kier molecular flexibility index (Phi) is 19.7. The molecular formula is C24H40N2O39S6. The van der Waals surface area contributed by atoms with Crippen LogP contribution in [-0.4, -0.2) is 267 Å². The maximum atomic E-state index is 12.7. The van der Waals surface area contributed by atoms with Crippen molar-refractivity contribution in [3.63, 3.8) is 0 Å². The molecule has 0 spiro atoms. The van der Waals surface area contributed by atoms with Crippen LogP contribution in [0.2, 0.25) is 0 Å². The van der Waals surface area contributed by atoms with Crippen molar-refractivity contribution < 1.29 is 178 Å². The maximum Gasteiger partial charge on any atom is 0.397 e. The van der Waals surface area contributed by atoms with Crippen LogP contribution in [0.25, 0.3) is 0 Å². The highest BCUT2D eigenvalue weighted by atomic mass is 32.3. The van der Waals surface area contributed by atoms with E-state index >= 15 is 0 Å². The number of aliphatic hydroxyl groups excluding tert-OH is 6. The van der Waals surface area contributed by atoms with E-state index in [2.05, 4.69) is 21.5 Å². The summed E-state index contributed by atoms with van der Waals surface area (Å²) in [5, 5.41) is 85.1. The van der Waals surface area contributed by atoms with Crippen LogP contribution < -0.4 is 9.44 Å². The Morgan fingerprint density at radius 3 is 1.23 bits per heavy atom. The first kappa shape index (κ1) is 61.2. The molecule has 0 aliphatic carbocycles. The monoisotopic (exact) mass is 1170 g/mol. The van der Waals surface area contributed by atoms with Crippen molar-refractivity contribution in [2.75, 3.05) is 13.2 Å². The predicted octanol–water partition coefficient (Wildman–Crippen LogP) is -11.5. The Morgan fingerprint density at radius 2 is 0.803 bits per heavy atom. The third-order valence-corrected chi connectivity index (χ3v) is 12.5. The lowest BCUT2D eigenvalue weighted by atomic mass is 9.94. The van der Waals surface area contributed by atoms with Crippen molar-refractivity contribution >= 4 is 74.1 Å². The minimum absolute atomic E-state index is 1.23. The summed E-state index contributed by atoms with van der Waals surface area (Å²) in [5.74, 6) is -4.64. The van der Waals surface area contributed by atoms with Gasteiger partial charge in [0.25, 0.3) is 0 Å². The Balaban J connectivity index is 1.85. The van der Waals surface area contributed by atoms with E-state index in [-0.39, 0.29) is 0 Å². The number of carboxylic acids is 2. The van der Waals surface area contributed by atoms with Gasteiger partial charge in [-0.05, 0) is 0 Å². The van der Waals surface area contributed by atoms with Crippen LogP contribution in [0.3, 0.4) is 0 Å². The molecule has 0 aromatic heterocycles. The van der Waals surface area contributed by atoms with Gasteiger partial charge in [0.2, 0.25) is 0 Å². The molecule has 16 N–H and O–H groups in total. The van der Waals surface area contributed by atoms with Crippen molar-refractivity contribution in [2.45, 2.75) is 123 Å². The van der Waals surface area contributed by atoms with E-state index in [1.54, 1.807) is 0 Å².